The van der Waals surface area contributed by atoms with Crippen LogP contribution in [0.1, 0.15) is 36.6 Å². The number of ether oxygens (including phenoxy) is 1. The van der Waals surface area contributed by atoms with E-state index < -0.39 is 0 Å². The second-order valence-corrected chi connectivity index (χ2v) is 6.93. The standard InChI is InChI=1S/C19H18FN7O/c1-26-16(21-11-22-26)10-28-19-15(12-3-2-4-12)9-27-18(23-19)17(24-25-27)13-5-7-14(20)8-6-13/h5-9,11-12H,2-4,10H2,1H3. The van der Waals surface area contributed by atoms with Crippen molar-refractivity contribution < 1.29 is 9.13 Å². The van der Waals surface area contributed by atoms with Crippen molar-refractivity contribution in [2.24, 2.45) is 7.05 Å². The van der Waals surface area contributed by atoms with Gasteiger partial charge in [0.15, 0.2) is 11.5 Å². The fourth-order valence-corrected chi connectivity index (χ4v) is 3.32. The van der Waals surface area contributed by atoms with E-state index in [1.807, 2.05) is 13.2 Å². The van der Waals surface area contributed by atoms with Gasteiger partial charge >= 0.3 is 0 Å². The van der Waals surface area contributed by atoms with Gasteiger partial charge in [-0.3, -0.25) is 4.68 Å². The Bertz CT molecular complexity index is 1130. The highest BCUT2D eigenvalue weighted by Gasteiger charge is 2.26. The average Bonchev–Trinajstić information content (AvgIpc) is 3.25. The number of benzene rings is 1. The molecule has 0 atom stereocenters. The lowest BCUT2D eigenvalue weighted by atomic mass is 9.81. The van der Waals surface area contributed by atoms with Crippen LogP contribution in [0.4, 0.5) is 4.39 Å². The number of aromatic nitrogens is 7. The topological polar surface area (TPSA) is 83.0 Å². The van der Waals surface area contributed by atoms with Crippen molar-refractivity contribution in [3.8, 4) is 17.1 Å². The largest absolute Gasteiger partial charge is 0.469 e. The Balaban J connectivity index is 1.56. The molecular weight excluding hydrogens is 361 g/mol. The molecule has 5 rings (SSSR count). The van der Waals surface area contributed by atoms with E-state index >= 15 is 0 Å². The van der Waals surface area contributed by atoms with Gasteiger partial charge in [-0.05, 0) is 43.0 Å². The summed E-state index contributed by atoms with van der Waals surface area (Å²) in [4.78, 5) is 8.93. The number of rotatable bonds is 5. The SMILES string of the molecule is Cn1ncnc1COc1nc2c(-c3ccc(F)cc3)nnn2cc1C1CCC1. The van der Waals surface area contributed by atoms with Gasteiger partial charge < -0.3 is 4.74 Å². The molecule has 3 heterocycles. The highest BCUT2D eigenvalue weighted by atomic mass is 19.1. The van der Waals surface area contributed by atoms with Crippen molar-refractivity contribution in [2.75, 3.05) is 0 Å². The molecule has 1 saturated carbocycles. The minimum absolute atomic E-state index is 0.271. The van der Waals surface area contributed by atoms with Gasteiger partial charge in [0.25, 0.3) is 0 Å². The Hall–Kier alpha value is -3.36. The van der Waals surface area contributed by atoms with Crippen molar-refractivity contribution >= 4 is 5.65 Å². The van der Waals surface area contributed by atoms with Gasteiger partial charge in [-0.2, -0.15) is 10.1 Å². The maximum Gasteiger partial charge on any atom is 0.220 e. The van der Waals surface area contributed by atoms with E-state index in [0.717, 1.165) is 24.0 Å². The summed E-state index contributed by atoms with van der Waals surface area (Å²) in [6, 6.07) is 6.13. The Morgan fingerprint density at radius 3 is 2.71 bits per heavy atom. The molecule has 0 spiro atoms. The molecule has 28 heavy (non-hydrogen) atoms. The molecule has 0 aliphatic heterocycles. The molecule has 0 N–H and O–H groups in total. The Labute approximate surface area is 160 Å². The number of hydrogen-bond donors (Lipinski definition) is 0. The number of halogens is 1. The normalized spacial score (nSPS) is 14.4. The Kier molecular flexibility index (Phi) is 4.00. The van der Waals surface area contributed by atoms with Gasteiger partial charge in [0.05, 0.1) is 0 Å². The second-order valence-electron chi connectivity index (χ2n) is 6.93. The van der Waals surface area contributed by atoms with Crippen LogP contribution in [-0.4, -0.2) is 34.6 Å². The van der Waals surface area contributed by atoms with Crippen LogP contribution < -0.4 is 4.74 Å². The maximum atomic E-state index is 13.3. The molecule has 4 aromatic rings. The number of aryl methyl sites for hydroxylation is 1. The van der Waals surface area contributed by atoms with Crippen LogP contribution in [0.3, 0.4) is 0 Å². The second kappa shape index (κ2) is 6.66. The van der Waals surface area contributed by atoms with Crippen molar-refractivity contribution in [3.05, 3.63) is 54.0 Å². The van der Waals surface area contributed by atoms with E-state index in [1.54, 1.807) is 21.3 Å². The van der Waals surface area contributed by atoms with E-state index in [4.69, 9.17) is 9.72 Å². The third-order valence-electron chi connectivity index (χ3n) is 5.19. The molecule has 0 saturated heterocycles. The van der Waals surface area contributed by atoms with Crippen LogP contribution >= 0.6 is 0 Å². The van der Waals surface area contributed by atoms with E-state index in [0.29, 0.717) is 29.0 Å². The van der Waals surface area contributed by atoms with Crippen molar-refractivity contribution in [1.82, 2.24) is 34.6 Å². The summed E-state index contributed by atoms with van der Waals surface area (Å²) in [5, 5.41) is 12.5. The number of hydrogen-bond acceptors (Lipinski definition) is 6. The summed E-state index contributed by atoms with van der Waals surface area (Å²) >= 11 is 0. The third kappa shape index (κ3) is 2.88. The summed E-state index contributed by atoms with van der Waals surface area (Å²) < 4.78 is 22.7. The smallest absolute Gasteiger partial charge is 0.220 e. The summed E-state index contributed by atoms with van der Waals surface area (Å²) in [7, 11) is 1.82. The Morgan fingerprint density at radius 1 is 1.21 bits per heavy atom. The first-order valence-electron chi connectivity index (χ1n) is 9.16. The van der Waals surface area contributed by atoms with Crippen LogP contribution in [0.5, 0.6) is 5.88 Å². The van der Waals surface area contributed by atoms with Gasteiger partial charge in [-0.25, -0.2) is 13.9 Å². The van der Waals surface area contributed by atoms with Gasteiger partial charge in [0.2, 0.25) is 5.88 Å². The predicted molar refractivity (Wildman–Crippen MR) is 98.1 cm³/mol. The van der Waals surface area contributed by atoms with Gasteiger partial charge in [0.1, 0.15) is 24.4 Å². The Morgan fingerprint density at radius 2 is 2.04 bits per heavy atom. The van der Waals surface area contributed by atoms with Gasteiger partial charge in [-0.1, -0.05) is 11.6 Å². The maximum absolute atomic E-state index is 13.3. The molecule has 0 unspecified atom stereocenters. The lowest BCUT2D eigenvalue weighted by Gasteiger charge is -2.26. The molecule has 1 fully saturated rings. The lowest BCUT2D eigenvalue weighted by molar-refractivity contribution is 0.268. The quantitative estimate of drug-likeness (QED) is 0.530. The molecule has 142 valence electrons. The first kappa shape index (κ1) is 16.8. The third-order valence-corrected chi connectivity index (χ3v) is 5.19. The van der Waals surface area contributed by atoms with Crippen LogP contribution in [0, 0.1) is 5.82 Å². The van der Waals surface area contributed by atoms with Crippen molar-refractivity contribution in [1.29, 1.82) is 0 Å². The fourth-order valence-electron chi connectivity index (χ4n) is 3.32. The van der Waals surface area contributed by atoms with E-state index in [-0.39, 0.29) is 12.4 Å². The molecule has 1 aliphatic rings. The average molecular weight is 379 g/mol. The number of nitrogens with zero attached hydrogens (tertiary/aromatic N) is 7. The molecule has 0 bridgehead atoms. The molecule has 0 radical (unpaired) electrons. The molecular formula is C19H18FN7O. The van der Waals surface area contributed by atoms with E-state index in [2.05, 4.69) is 20.4 Å². The minimum Gasteiger partial charge on any atom is -0.469 e. The van der Waals surface area contributed by atoms with Crippen LogP contribution in [0.2, 0.25) is 0 Å². The zero-order valence-corrected chi connectivity index (χ0v) is 15.3. The first-order chi connectivity index (χ1) is 13.7. The summed E-state index contributed by atoms with van der Waals surface area (Å²) in [6.07, 6.45) is 6.84. The van der Waals surface area contributed by atoms with Gasteiger partial charge in [-0.15, -0.1) is 5.10 Å². The molecule has 1 aliphatic carbocycles. The molecule has 0 amide bonds. The zero-order chi connectivity index (χ0) is 19.1. The van der Waals surface area contributed by atoms with Gasteiger partial charge in [0, 0.05) is 24.4 Å². The molecule has 9 heteroatoms. The summed E-state index contributed by atoms with van der Waals surface area (Å²) in [5.74, 6) is 1.38. The predicted octanol–water partition coefficient (Wildman–Crippen LogP) is 2.91. The highest BCUT2D eigenvalue weighted by Crippen LogP contribution is 2.40. The van der Waals surface area contributed by atoms with E-state index in [1.165, 1.54) is 24.9 Å². The minimum atomic E-state index is -0.298. The van der Waals surface area contributed by atoms with Crippen LogP contribution in [0.15, 0.2) is 36.8 Å². The monoisotopic (exact) mass is 379 g/mol. The molecule has 1 aromatic carbocycles. The van der Waals surface area contributed by atoms with Crippen molar-refractivity contribution in [2.45, 2.75) is 31.8 Å². The van der Waals surface area contributed by atoms with E-state index in [9.17, 15) is 4.39 Å². The molecule has 3 aromatic heterocycles. The molecule has 8 nitrogen and oxygen atoms in total. The zero-order valence-electron chi connectivity index (χ0n) is 15.3. The summed E-state index contributed by atoms with van der Waals surface area (Å²) in [6.45, 7) is 0.271. The lowest BCUT2D eigenvalue weighted by Crippen LogP contribution is -2.14. The highest BCUT2D eigenvalue weighted by molar-refractivity contribution is 5.73. The van der Waals surface area contributed by atoms with Crippen molar-refractivity contribution in [3.63, 3.8) is 0 Å². The fraction of sp³-hybridized carbons (Fsp3) is 0.316. The van der Waals surface area contributed by atoms with Crippen LogP contribution in [0.25, 0.3) is 16.9 Å². The number of fused-ring (bicyclic) bond motifs is 1. The summed E-state index contributed by atoms with van der Waals surface area (Å²) in [5.41, 5.74) is 2.93. The van der Waals surface area contributed by atoms with Crippen LogP contribution in [-0.2, 0) is 13.7 Å². The first-order valence-corrected chi connectivity index (χ1v) is 9.16.